The lowest BCUT2D eigenvalue weighted by Crippen LogP contribution is -2.13. The fraction of sp³-hybridized carbons (Fsp3) is 0.250. The summed E-state index contributed by atoms with van der Waals surface area (Å²) in [5.41, 5.74) is 6.39. The lowest BCUT2D eigenvalue weighted by Gasteiger charge is -2.04. The van der Waals surface area contributed by atoms with Gasteiger partial charge in [-0.15, -0.1) is 0 Å². The van der Waals surface area contributed by atoms with Crippen molar-refractivity contribution in [2.45, 2.75) is 16.1 Å². The molecule has 0 unspecified atom stereocenters. The average Bonchev–Trinajstić information content (AvgIpc) is 3.23. The van der Waals surface area contributed by atoms with E-state index < -0.39 is 15.1 Å². The number of benzene rings is 2. The van der Waals surface area contributed by atoms with Crippen LogP contribution in [0.25, 0.3) is 0 Å². The molecule has 0 aliphatic heterocycles. The molecule has 0 amide bonds. The Hall–Kier alpha value is -1.43. The molecule has 0 heterocycles. The minimum Gasteiger partial charge on any atom is -0.330 e. The van der Waals surface area contributed by atoms with Crippen LogP contribution in [0, 0.1) is 11.7 Å². The third kappa shape index (κ3) is 2.64. The van der Waals surface area contributed by atoms with Gasteiger partial charge in [-0.2, -0.15) is 0 Å². The van der Waals surface area contributed by atoms with E-state index in [4.69, 9.17) is 17.3 Å². The molecule has 0 saturated heterocycles. The van der Waals surface area contributed by atoms with E-state index in [2.05, 4.69) is 0 Å². The van der Waals surface area contributed by atoms with Gasteiger partial charge in [0, 0.05) is 10.9 Å². The first kappa shape index (κ1) is 15.5. The van der Waals surface area contributed by atoms with Gasteiger partial charge in [-0.25, -0.2) is 12.8 Å². The number of nitrogens with two attached hydrogens (primary N) is 1. The Morgan fingerprint density at radius 2 is 1.82 bits per heavy atom. The summed E-state index contributed by atoms with van der Waals surface area (Å²) in [6.45, 7) is 0.249. The maximum Gasteiger partial charge on any atom is 0.182 e. The highest BCUT2D eigenvalue weighted by molar-refractivity contribution is 7.92. The highest BCUT2D eigenvalue weighted by atomic mass is 35.5. The maximum absolute atomic E-state index is 13.4. The molecule has 3 rings (SSSR count). The molecule has 3 nitrogen and oxygen atoms in total. The van der Waals surface area contributed by atoms with Crippen molar-refractivity contribution in [2.24, 2.45) is 11.7 Å². The van der Waals surface area contributed by atoms with E-state index in [1.807, 2.05) is 0 Å². The molecule has 2 aromatic carbocycles. The zero-order valence-electron chi connectivity index (χ0n) is 11.6. The molecule has 0 radical (unpaired) electrons. The van der Waals surface area contributed by atoms with Crippen molar-refractivity contribution in [1.82, 2.24) is 0 Å². The minimum atomic E-state index is -3.52. The molecule has 116 valence electrons. The second-order valence-corrected chi connectivity index (χ2v) is 7.99. The van der Waals surface area contributed by atoms with Gasteiger partial charge in [-0.05, 0) is 54.4 Å². The molecular weight excluding hydrogens is 325 g/mol. The van der Waals surface area contributed by atoms with Gasteiger partial charge in [-0.3, -0.25) is 0 Å². The molecule has 0 aromatic heterocycles. The van der Waals surface area contributed by atoms with Gasteiger partial charge in [0.25, 0.3) is 0 Å². The van der Waals surface area contributed by atoms with Crippen molar-refractivity contribution < 1.29 is 12.8 Å². The van der Waals surface area contributed by atoms with Crippen molar-refractivity contribution in [3.63, 3.8) is 0 Å². The van der Waals surface area contributed by atoms with Crippen LogP contribution in [0.15, 0.2) is 53.4 Å². The molecule has 22 heavy (non-hydrogen) atoms. The van der Waals surface area contributed by atoms with Gasteiger partial charge >= 0.3 is 0 Å². The number of rotatable bonds is 4. The molecule has 1 aliphatic rings. The summed E-state index contributed by atoms with van der Waals surface area (Å²) < 4.78 is 38.9. The number of sulfone groups is 1. The molecule has 0 spiro atoms. The van der Waals surface area contributed by atoms with Crippen molar-refractivity contribution in [3.8, 4) is 0 Å². The second kappa shape index (κ2) is 5.65. The largest absolute Gasteiger partial charge is 0.330 e. The number of hydrogen-bond acceptors (Lipinski definition) is 3. The predicted octanol–water partition coefficient (Wildman–Crippen LogP) is 2.99. The van der Waals surface area contributed by atoms with Gasteiger partial charge in [0.15, 0.2) is 9.84 Å². The monoisotopic (exact) mass is 339 g/mol. The summed E-state index contributed by atoms with van der Waals surface area (Å²) in [5, 5.41) is -0.132. The number of hydrogen-bond donors (Lipinski definition) is 1. The van der Waals surface area contributed by atoms with Gasteiger partial charge < -0.3 is 5.73 Å². The highest BCUT2D eigenvalue weighted by Gasteiger charge is 2.58. The molecular formula is C16H15ClFNO2S. The zero-order valence-corrected chi connectivity index (χ0v) is 13.2. The molecule has 3 atom stereocenters. The van der Waals surface area contributed by atoms with Crippen LogP contribution in [0.2, 0.25) is 5.02 Å². The molecule has 0 bridgehead atoms. The van der Waals surface area contributed by atoms with Gasteiger partial charge in [0.2, 0.25) is 0 Å². The van der Waals surface area contributed by atoms with E-state index in [1.54, 1.807) is 24.3 Å². The SMILES string of the molecule is NC[C@H]1[C@@H](c2cccc(F)c2)[C@@H]1S(=O)(=O)c1ccc(Cl)cc1. The average molecular weight is 340 g/mol. The van der Waals surface area contributed by atoms with E-state index in [0.717, 1.165) is 0 Å². The first-order valence-electron chi connectivity index (χ1n) is 6.90. The molecule has 2 N–H and O–H groups in total. The van der Waals surface area contributed by atoms with Crippen molar-refractivity contribution in [3.05, 3.63) is 64.9 Å². The molecule has 1 saturated carbocycles. The van der Waals surface area contributed by atoms with Gasteiger partial charge in [-0.1, -0.05) is 23.7 Å². The Kier molecular flexibility index (Phi) is 3.97. The van der Waals surface area contributed by atoms with Crippen LogP contribution >= 0.6 is 11.6 Å². The lowest BCUT2D eigenvalue weighted by molar-refractivity contribution is 0.591. The van der Waals surface area contributed by atoms with E-state index >= 15 is 0 Å². The fourth-order valence-corrected chi connectivity index (χ4v) is 5.33. The molecule has 6 heteroatoms. The van der Waals surface area contributed by atoms with Gasteiger partial charge in [0.1, 0.15) is 5.82 Å². The minimum absolute atomic E-state index is 0.192. The highest BCUT2D eigenvalue weighted by Crippen LogP contribution is 2.53. The third-order valence-electron chi connectivity index (χ3n) is 4.10. The van der Waals surface area contributed by atoms with E-state index in [1.165, 1.54) is 24.3 Å². The molecule has 1 aliphatic carbocycles. The summed E-state index contributed by atoms with van der Waals surface area (Å²) in [5.74, 6) is -0.827. The normalized spacial score (nSPS) is 24.2. The number of halogens is 2. The second-order valence-electron chi connectivity index (χ2n) is 5.44. The topological polar surface area (TPSA) is 60.2 Å². The van der Waals surface area contributed by atoms with Crippen LogP contribution in [0.1, 0.15) is 11.5 Å². The van der Waals surface area contributed by atoms with E-state index in [9.17, 15) is 12.8 Å². The molecule has 2 aromatic rings. The van der Waals surface area contributed by atoms with Crippen LogP contribution in [0.4, 0.5) is 4.39 Å². The Morgan fingerprint density at radius 1 is 1.14 bits per heavy atom. The van der Waals surface area contributed by atoms with Crippen molar-refractivity contribution in [2.75, 3.05) is 6.54 Å². The Morgan fingerprint density at radius 3 is 2.41 bits per heavy atom. The quantitative estimate of drug-likeness (QED) is 0.931. The van der Waals surface area contributed by atoms with Crippen LogP contribution in [-0.4, -0.2) is 20.2 Å². The standard InChI is InChI=1S/C16H15ClFNO2S/c17-11-4-6-13(7-5-11)22(20,21)16-14(9-19)15(16)10-2-1-3-12(18)8-10/h1-8,14-16H,9,19H2/t14-,15+,16+/m0/s1. The first-order valence-corrected chi connectivity index (χ1v) is 8.82. The van der Waals surface area contributed by atoms with Crippen LogP contribution in [0.5, 0.6) is 0 Å². The van der Waals surface area contributed by atoms with Crippen LogP contribution in [0.3, 0.4) is 0 Å². The Labute approximate surface area is 133 Å². The smallest absolute Gasteiger partial charge is 0.182 e. The van der Waals surface area contributed by atoms with Crippen LogP contribution in [-0.2, 0) is 9.84 Å². The van der Waals surface area contributed by atoms with Crippen molar-refractivity contribution in [1.29, 1.82) is 0 Å². The van der Waals surface area contributed by atoms with Gasteiger partial charge in [0.05, 0.1) is 10.1 Å². The fourth-order valence-electron chi connectivity index (χ4n) is 2.98. The first-order chi connectivity index (χ1) is 10.4. The van der Waals surface area contributed by atoms with Crippen molar-refractivity contribution >= 4 is 21.4 Å². The van der Waals surface area contributed by atoms with Crippen LogP contribution < -0.4 is 5.73 Å². The zero-order chi connectivity index (χ0) is 15.9. The lowest BCUT2D eigenvalue weighted by atomic mass is 10.1. The summed E-state index contributed by atoms with van der Waals surface area (Å²) in [6, 6.07) is 12.1. The summed E-state index contributed by atoms with van der Waals surface area (Å²) in [6.07, 6.45) is 0. The maximum atomic E-state index is 13.4. The summed E-state index contributed by atoms with van der Waals surface area (Å²) >= 11 is 5.80. The summed E-state index contributed by atoms with van der Waals surface area (Å²) in [7, 11) is -3.52. The Bertz CT molecular complexity index is 792. The van der Waals surface area contributed by atoms with E-state index in [-0.39, 0.29) is 29.1 Å². The molecule has 1 fully saturated rings. The third-order valence-corrected chi connectivity index (χ3v) is 6.64. The summed E-state index contributed by atoms with van der Waals surface area (Å²) in [4.78, 5) is 0.222. The van der Waals surface area contributed by atoms with E-state index in [0.29, 0.717) is 10.6 Å². The Balaban J connectivity index is 1.95. The predicted molar refractivity (Wildman–Crippen MR) is 84.1 cm³/mol.